The van der Waals surface area contributed by atoms with Gasteiger partial charge >= 0.3 is 5.97 Å². The maximum atomic E-state index is 10.8. The van der Waals surface area contributed by atoms with Crippen LogP contribution in [-0.4, -0.2) is 32.5 Å². The molecule has 1 aromatic heterocycles. The number of carboxylic acids is 1. The maximum Gasteiger partial charge on any atom is 0.335 e. The van der Waals surface area contributed by atoms with Crippen molar-refractivity contribution in [3.05, 3.63) is 71.9 Å². The minimum Gasteiger partial charge on any atom is -0.478 e. The van der Waals surface area contributed by atoms with Gasteiger partial charge in [-0.15, -0.1) is 5.10 Å². The summed E-state index contributed by atoms with van der Waals surface area (Å²) in [6.07, 6.45) is 3.12. The third kappa shape index (κ3) is 3.77. The van der Waals surface area contributed by atoms with Crippen molar-refractivity contribution in [2.75, 3.05) is 5.43 Å². The van der Waals surface area contributed by atoms with Crippen LogP contribution in [0, 0.1) is 0 Å². The molecular weight excluding hydrogens is 306 g/mol. The van der Waals surface area contributed by atoms with E-state index in [0.717, 1.165) is 11.1 Å². The molecule has 0 fully saturated rings. The monoisotopic (exact) mass is 319 g/mol. The standard InChI is InChI=1S/C17H13N5O2/c23-16(24)14-8-6-12(7-9-14)10-18-21-17-20-15(11-19-22-17)13-4-2-1-3-5-13/h1-11H,(H,23,24)(H,20,21,22)/b18-10+. The molecule has 3 rings (SSSR count). The van der Waals surface area contributed by atoms with Gasteiger partial charge in [0, 0.05) is 5.56 Å². The predicted octanol–water partition coefficient (Wildman–Crippen LogP) is 2.68. The van der Waals surface area contributed by atoms with E-state index >= 15 is 0 Å². The Hall–Kier alpha value is -3.61. The Balaban J connectivity index is 1.69. The van der Waals surface area contributed by atoms with Gasteiger partial charge in [-0.05, 0) is 17.7 Å². The molecule has 0 aliphatic carbocycles. The Morgan fingerprint density at radius 3 is 2.54 bits per heavy atom. The van der Waals surface area contributed by atoms with E-state index in [0.29, 0.717) is 5.69 Å². The fraction of sp³-hybridized carbons (Fsp3) is 0. The summed E-state index contributed by atoms with van der Waals surface area (Å²) in [6, 6.07) is 16.0. The summed E-state index contributed by atoms with van der Waals surface area (Å²) in [5.41, 5.74) is 5.31. The van der Waals surface area contributed by atoms with Crippen LogP contribution >= 0.6 is 0 Å². The van der Waals surface area contributed by atoms with E-state index in [1.807, 2.05) is 30.3 Å². The van der Waals surface area contributed by atoms with Crippen LogP contribution in [0.1, 0.15) is 15.9 Å². The molecule has 0 aliphatic rings. The summed E-state index contributed by atoms with van der Waals surface area (Å²) < 4.78 is 0. The average molecular weight is 319 g/mol. The molecule has 2 N–H and O–H groups in total. The van der Waals surface area contributed by atoms with E-state index in [9.17, 15) is 4.79 Å². The van der Waals surface area contributed by atoms with E-state index < -0.39 is 5.97 Å². The third-order valence-electron chi connectivity index (χ3n) is 3.16. The van der Waals surface area contributed by atoms with E-state index in [2.05, 4.69) is 25.7 Å². The highest BCUT2D eigenvalue weighted by molar-refractivity contribution is 5.89. The van der Waals surface area contributed by atoms with Gasteiger partial charge in [0.05, 0.1) is 23.7 Å². The average Bonchev–Trinajstić information content (AvgIpc) is 2.63. The summed E-state index contributed by atoms with van der Waals surface area (Å²) in [7, 11) is 0. The van der Waals surface area contributed by atoms with Gasteiger partial charge in [0.15, 0.2) is 0 Å². The van der Waals surface area contributed by atoms with Crippen LogP contribution in [-0.2, 0) is 0 Å². The first-order chi connectivity index (χ1) is 11.7. The molecule has 7 nitrogen and oxygen atoms in total. The Kier molecular flexibility index (Phi) is 4.52. The molecule has 0 amide bonds. The van der Waals surface area contributed by atoms with Gasteiger partial charge < -0.3 is 5.11 Å². The molecule has 0 spiro atoms. The number of carbonyl (C=O) groups is 1. The number of aromatic nitrogens is 3. The van der Waals surface area contributed by atoms with Crippen molar-refractivity contribution in [3.63, 3.8) is 0 Å². The Bertz CT molecular complexity index is 864. The molecule has 0 saturated heterocycles. The second-order valence-electron chi connectivity index (χ2n) is 4.83. The van der Waals surface area contributed by atoms with Crippen LogP contribution in [0.15, 0.2) is 65.9 Å². The summed E-state index contributed by atoms with van der Waals surface area (Å²) >= 11 is 0. The molecule has 2 aromatic carbocycles. The highest BCUT2D eigenvalue weighted by Crippen LogP contribution is 2.15. The molecule has 118 valence electrons. The molecule has 7 heteroatoms. The van der Waals surface area contributed by atoms with Gasteiger partial charge in [-0.3, -0.25) is 0 Å². The van der Waals surface area contributed by atoms with Crippen molar-refractivity contribution >= 4 is 18.1 Å². The van der Waals surface area contributed by atoms with Gasteiger partial charge in [0.2, 0.25) is 0 Å². The van der Waals surface area contributed by atoms with Crippen LogP contribution < -0.4 is 5.43 Å². The Morgan fingerprint density at radius 1 is 1.08 bits per heavy atom. The van der Waals surface area contributed by atoms with Crippen LogP contribution in [0.25, 0.3) is 11.3 Å². The van der Waals surface area contributed by atoms with E-state index in [1.54, 1.807) is 24.5 Å². The highest BCUT2D eigenvalue weighted by Gasteiger charge is 2.02. The lowest BCUT2D eigenvalue weighted by molar-refractivity contribution is 0.0697. The van der Waals surface area contributed by atoms with Crippen LogP contribution in [0.2, 0.25) is 0 Å². The number of hydrogen-bond acceptors (Lipinski definition) is 6. The maximum absolute atomic E-state index is 10.8. The van der Waals surface area contributed by atoms with Gasteiger partial charge in [0.1, 0.15) is 0 Å². The number of hydrazone groups is 1. The highest BCUT2D eigenvalue weighted by atomic mass is 16.4. The zero-order valence-corrected chi connectivity index (χ0v) is 12.5. The van der Waals surface area contributed by atoms with E-state index in [1.165, 1.54) is 12.1 Å². The second-order valence-corrected chi connectivity index (χ2v) is 4.83. The lowest BCUT2D eigenvalue weighted by Gasteiger charge is -2.02. The Labute approximate surface area is 137 Å². The van der Waals surface area contributed by atoms with Crippen molar-refractivity contribution in [3.8, 4) is 11.3 Å². The first kappa shape index (κ1) is 15.3. The molecule has 3 aromatic rings. The molecular formula is C17H13N5O2. The van der Waals surface area contributed by atoms with Crippen molar-refractivity contribution in [2.45, 2.75) is 0 Å². The summed E-state index contributed by atoms with van der Waals surface area (Å²) in [5, 5.41) is 20.7. The predicted molar refractivity (Wildman–Crippen MR) is 89.9 cm³/mol. The fourth-order valence-corrected chi connectivity index (χ4v) is 1.98. The van der Waals surface area contributed by atoms with Crippen LogP contribution in [0.3, 0.4) is 0 Å². The van der Waals surface area contributed by atoms with Gasteiger partial charge in [0.25, 0.3) is 5.95 Å². The molecule has 0 unspecified atom stereocenters. The van der Waals surface area contributed by atoms with Gasteiger partial charge in [-0.1, -0.05) is 42.5 Å². The van der Waals surface area contributed by atoms with Gasteiger partial charge in [-0.25, -0.2) is 15.2 Å². The minimum atomic E-state index is -0.964. The normalized spacial score (nSPS) is 10.7. The molecule has 0 aliphatic heterocycles. The smallest absolute Gasteiger partial charge is 0.335 e. The number of hydrogen-bond donors (Lipinski definition) is 2. The minimum absolute atomic E-state index is 0.225. The third-order valence-corrected chi connectivity index (χ3v) is 3.16. The first-order valence-corrected chi connectivity index (χ1v) is 7.10. The first-order valence-electron chi connectivity index (χ1n) is 7.10. The van der Waals surface area contributed by atoms with E-state index in [-0.39, 0.29) is 11.5 Å². The van der Waals surface area contributed by atoms with Crippen molar-refractivity contribution in [1.29, 1.82) is 0 Å². The topological polar surface area (TPSA) is 100 Å². The number of rotatable bonds is 5. The molecule has 0 atom stereocenters. The zero-order valence-electron chi connectivity index (χ0n) is 12.5. The number of nitrogens with one attached hydrogen (secondary N) is 1. The van der Waals surface area contributed by atoms with Crippen molar-refractivity contribution in [1.82, 2.24) is 15.2 Å². The number of benzene rings is 2. The summed E-state index contributed by atoms with van der Waals surface area (Å²) in [5.74, 6) is -0.691. The summed E-state index contributed by atoms with van der Waals surface area (Å²) in [4.78, 5) is 15.1. The molecule has 24 heavy (non-hydrogen) atoms. The van der Waals surface area contributed by atoms with E-state index in [4.69, 9.17) is 5.11 Å². The molecule has 0 saturated carbocycles. The number of aromatic carboxylic acids is 1. The molecule has 1 heterocycles. The quantitative estimate of drug-likeness (QED) is 0.554. The van der Waals surface area contributed by atoms with Crippen molar-refractivity contribution in [2.24, 2.45) is 5.10 Å². The van der Waals surface area contributed by atoms with Gasteiger partial charge in [-0.2, -0.15) is 10.2 Å². The largest absolute Gasteiger partial charge is 0.478 e. The number of carboxylic acid groups (broad SMARTS) is 1. The van der Waals surface area contributed by atoms with Crippen LogP contribution in [0.5, 0.6) is 0 Å². The number of anilines is 1. The molecule has 0 bridgehead atoms. The summed E-state index contributed by atoms with van der Waals surface area (Å²) in [6.45, 7) is 0. The van der Waals surface area contributed by atoms with Crippen molar-refractivity contribution < 1.29 is 9.90 Å². The number of nitrogens with zero attached hydrogens (tertiary/aromatic N) is 4. The Morgan fingerprint density at radius 2 is 1.83 bits per heavy atom. The lowest BCUT2D eigenvalue weighted by Crippen LogP contribution is -2.00. The zero-order chi connectivity index (χ0) is 16.8. The lowest BCUT2D eigenvalue weighted by atomic mass is 10.1. The molecule has 0 radical (unpaired) electrons. The SMILES string of the molecule is O=C(O)c1ccc(/C=N/Nc2nncc(-c3ccccc3)n2)cc1. The second kappa shape index (κ2) is 7.10. The van der Waals surface area contributed by atoms with Crippen LogP contribution in [0.4, 0.5) is 5.95 Å². The fourth-order valence-electron chi connectivity index (χ4n) is 1.98.